The molecule has 0 atom stereocenters. The van der Waals surface area contributed by atoms with E-state index in [1.54, 1.807) is 10.9 Å². The Balaban J connectivity index is 1.41. The first kappa shape index (κ1) is 22.5. The molecule has 6 aromatic rings. The van der Waals surface area contributed by atoms with E-state index in [-0.39, 0.29) is 0 Å². The van der Waals surface area contributed by atoms with E-state index in [2.05, 4.69) is 89.2 Å². The highest BCUT2D eigenvalue weighted by atomic mass is 32.2. The summed E-state index contributed by atoms with van der Waals surface area (Å²) in [4.78, 5) is 7.39. The van der Waals surface area contributed by atoms with Crippen molar-refractivity contribution >= 4 is 11.8 Å². The third kappa shape index (κ3) is 3.69. The van der Waals surface area contributed by atoms with Crippen LogP contribution in [0.5, 0.6) is 11.5 Å². The molecule has 0 unspecified atom stereocenters. The molecule has 1 aliphatic rings. The fourth-order valence-corrected chi connectivity index (χ4v) is 6.47. The van der Waals surface area contributed by atoms with Gasteiger partial charge >= 0.3 is 0 Å². The van der Waals surface area contributed by atoms with E-state index in [9.17, 15) is 0 Å². The second kappa shape index (κ2) is 9.32. The lowest BCUT2D eigenvalue weighted by Crippen LogP contribution is -2.34. The van der Waals surface area contributed by atoms with Crippen molar-refractivity contribution in [3.8, 4) is 17.2 Å². The summed E-state index contributed by atoms with van der Waals surface area (Å²) in [7, 11) is 0. The van der Waals surface area contributed by atoms with Crippen molar-refractivity contribution in [2.75, 3.05) is 0 Å². The van der Waals surface area contributed by atoms with E-state index < -0.39 is 5.41 Å². The minimum Gasteiger partial charge on any atom is -0.457 e. The number of benzene rings is 4. The van der Waals surface area contributed by atoms with Gasteiger partial charge in [-0.05, 0) is 65.2 Å². The number of rotatable bonds is 5. The Hall–Kier alpha value is -4.68. The lowest BCUT2D eigenvalue weighted by atomic mass is 9.66. The van der Waals surface area contributed by atoms with Crippen LogP contribution in [0.25, 0.3) is 5.69 Å². The van der Waals surface area contributed by atoms with Gasteiger partial charge in [-0.15, -0.1) is 5.10 Å². The van der Waals surface area contributed by atoms with Crippen LogP contribution in [0.15, 0.2) is 144 Å². The van der Waals surface area contributed by atoms with Gasteiger partial charge in [0.05, 0.1) is 29.2 Å². The molecular weight excluding hydrogens is 488 g/mol. The maximum atomic E-state index is 6.42. The Labute approximate surface area is 224 Å². The smallest absolute Gasteiger partial charge is 0.129 e. The zero-order valence-corrected chi connectivity index (χ0v) is 21.1. The van der Waals surface area contributed by atoms with E-state index in [0.29, 0.717) is 0 Å². The predicted molar refractivity (Wildman–Crippen MR) is 148 cm³/mol. The van der Waals surface area contributed by atoms with E-state index in [1.165, 1.54) is 20.9 Å². The molecule has 0 amide bonds. The van der Waals surface area contributed by atoms with E-state index in [4.69, 9.17) is 9.72 Å². The Morgan fingerprint density at radius 1 is 0.658 bits per heavy atom. The quantitative estimate of drug-likeness (QED) is 0.243. The summed E-state index contributed by atoms with van der Waals surface area (Å²) in [5.74, 6) is 1.48. The molecule has 0 spiro atoms. The molecule has 6 heteroatoms. The number of hydrogen-bond acceptors (Lipinski definition) is 5. The molecule has 0 saturated heterocycles. The highest BCUT2D eigenvalue weighted by Gasteiger charge is 2.45. The summed E-state index contributed by atoms with van der Waals surface area (Å²) in [6.45, 7) is 0. The number of hydrogen-bond donors (Lipinski definition) is 0. The zero-order valence-electron chi connectivity index (χ0n) is 20.3. The van der Waals surface area contributed by atoms with Crippen molar-refractivity contribution in [2.45, 2.75) is 15.2 Å². The van der Waals surface area contributed by atoms with Crippen molar-refractivity contribution in [1.82, 2.24) is 20.0 Å². The summed E-state index contributed by atoms with van der Waals surface area (Å²) >= 11 is 1.81. The lowest BCUT2D eigenvalue weighted by molar-refractivity contribution is 0.480. The van der Waals surface area contributed by atoms with E-state index in [1.807, 2.05) is 60.6 Å². The lowest BCUT2D eigenvalue weighted by Gasteiger charge is -2.40. The molecule has 38 heavy (non-hydrogen) atoms. The normalized spacial score (nSPS) is 13.4. The summed E-state index contributed by atoms with van der Waals surface area (Å²) in [5, 5.41) is 8.01. The molecule has 5 nitrogen and oxygen atoms in total. The molecule has 0 aliphatic carbocycles. The van der Waals surface area contributed by atoms with Crippen LogP contribution < -0.4 is 4.74 Å². The number of nitrogens with zero attached hydrogens (tertiary/aromatic N) is 4. The number of aromatic nitrogens is 4. The Morgan fingerprint density at radius 3 is 2.08 bits per heavy atom. The van der Waals surface area contributed by atoms with Gasteiger partial charge in [0, 0.05) is 22.1 Å². The van der Waals surface area contributed by atoms with Gasteiger partial charge in [-0.2, -0.15) is 0 Å². The van der Waals surface area contributed by atoms with Crippen molar-refractivity contribution in [3.63, 3.8) is 0 Å². The van der Waals surface area contributed by atoms with Crippen LogP contribution in [0, 0.1) is 0 Å². The standard InChI is InChI=1S/C32H22N4OS/c1-3-15-29-27(13-1)32(31-17-5-6-18-33-31,28-14-2-4-16-30(28)38-29)23-9-7-11-25(21-23)37-26-12-8-10-24(22-26)36-20-19-34-35-36/h1-22H. The first-order chi connectivity index (χ1) is 18.8. The minimum atomic E-state index is -0.596. The Morgan fingerprint density at radius 2 is 1.37 bits per heavy atom. The molecule has 4 aromatic carbocycles. The molecule has 7 rings (SSSR count). The molecule has 3 heterocycles. The average Bonchev–Trinajstić information content (AvgIpc) is 3.52. The molecule has 182 valence electrons. The molecule has 0 saturated carbocycles. The molecule has 0 fully saturated rings. The fraction of sp³-hybridized carbons (Fsp3) is 0.0312. The molecule has 0 bridgehead atoms. The highest BCUT2D eigenvalue weighted by Crippen LogP contribution is 2.55. The number of pyridine rings is 1. The predicted octanol–water partition coefficient (Wildman–Crippen LogP) is 7.30. The van der Waals surface area contributed by atoms with Gasteiger partial charge in [0.2, 0.25) is 0 Å². The summed E-state index contributed by atoms with van der Waals surface area (Å²) in [5.41, 5.74) is 4.79. The van der Waals surface area contributed by atoms with Gasteiger partial charge in [-0.3, -0.25) is 4.98 Å². The van der Waals surface area contributed by atoms with Gasteiger partial charge in [0.1, 0.15) is 11.5 Å². The fourth-order valence-electron chi connectivity index (χ4n) is 5.28. The van der Waals surface area contributed by atoms with Crippen LogP contribution in [0.2, 0.25) is 0 Å². The van der Waals surface area contributed by atoms with Gasteiger partial charge in [-0.1, -0.05) is 77.6 Å². The first-order valence-electron chi connectivity index (χ1n) is 12.4. The maximum Gasteiger partial charge on any atom is 0.129 e. The molecule has 1 aliphatic heterocycles. The number of ether oxygens (including phenoxy) is 1. The number of fused-ring (bicyclic) bond motifs is 2. The summed E-state index contributed by atoms with van der Waals surface area (Å²) in [6, 6.07) is 39.6. The Bertz CT molecular complexity index is 1690. The Kier molecular flexibility index (Phi) is 5.52. The van der Waals surface area contributed by atoms with E-state index in [0.717, 1.165) is 28.4 Å². The SMILES string of the molecule is c1ccc(C2(c3cccc(Oc4cccc(-n5ccnn5)c4)c3)c3ccccc3Sc3ccccc32)nc1. The van der Waals surface area contributed by atoms with Crippen molar-refractivity contribution in [3.05, 3.63) is 156 Å². The largest absolute Gasteiger partial charge is 0.457 e. The van der Waals surface area contributed by atoms with Crippen LogP contribution in [0.4, 0.5) is 0 Å². The van der Waals surface area contributed by atoms with Crippen molar-refractivity contribution < 1.29 is 4.74 Å². The van der Waals surface area contributed by atoms with Crippen molar-refractivity contribution in [2.24, 2.45) is 0 Å². The second-order valence-corrected chi connectivity index (χ2v) is 10.1. The monoisotopic (exact) mass is 510 g/mol. The van der Waals surface area contributed by atoms with Crippen molar-refractivity contribution in [1.29, 1.82) is 0 Å². The van der Waals surface area contributed by atoms with Crippen LogP contribution in [-0.4, -0.2) is 20.0 Å². The zero-order chi connectivity index (χ0) is 25.4. The van der Waals surface area contributed by atoms with E-state index >= 15 is 0 Å². The highest BCUT2D eigenvalue weighted by molar-refractivity contribution is 7.99. The third-order valence-corrected chi connectivity index (χ3v) is 8.01. The molecular formula is C32H22N4OS. The van der Waals surface area contributed by atoms with Gasteiger partial charge in [0.15, 0.2) is 0 Å². The third-order valence-electron chi connectivity index (χ3n) is 6.86. The van der Waals surface area contributed by atoms with Crippen LogP contribution in [0.1, 0.15) is 22.4 Å². The summed E-state index contributed by atoms with van der Waals surface area (Å²) in [6.07, 6.45) is 5.35. The van der Waals surface area contributed by atoms with Crippen LogP contribution in [0.3, 0.4) is 0 Å². The van der Waals surface area contributed by atoms with Crippen LogP contribution in [-0.2, 0) is 5.41 Å². The second-order valence-electron chi connectivity index (χ2n) is 9.03. The molecule has 0 N–H and O–H groups in total. The van der Waals surface area contributed by atoms with Gasteiger partial charge < -0.3 is 4.74 Å². The van der Waals surface area contributed by atoms with Crippen LogP contribution >= 0.6 is 11.8 Å². The molecule has 0 radical (unpaired) electrons. The maximum absolute atomic E-state index is 6.42. The molecule has 2 aromatic heterocycles. The van der Waals surface area contributed by atoms with Gasteiger partial charge in [-0.25, -0.2) is 4.68 Å². The van der Waals surface area contributed by atoms with Gasteiger partial charge in [0.25, 0.3) is 0 Å². The topological polar surface area (TPSA) is 52.8 Å². The average molecular weight is 511 g/mol. The first-order valence-corrected chi connectivity index (χ1v) is 13.2. The minimum absolute atomic E-state index is 0.596. The summed E-state index contributed by atoms with van der Waals surface area (Å²) < 4.78 is 8.13.